The number of aliphatic hydroxyl groups is 1. The first kappa shape index (κ1) is 23.5. The number of hydrogen-bond acceptors (Lipinski definition) is 4. The summed E-state index contributed by atoms with van der Waals surface area (Å²) >= 11 is 0. The van der Waals surface area contributed by atoms with Gasteiger partial charge in [-0.2, -0.15) is 5.10 Å². The van der Waals surface area contributed by atoms with Crippen LogP contribution in [0.2, 0.25) is 0 Å². The molecule has 0 bridgehead atoms. The van der Waals surface area contributed by atoms with Crippen LogP contribution in [0.25, 0.3) is 6.08 Å². The quantitative estimate of drug-likeness (QED) is 0.510. The maximum Gasteiger partial charge on any atom is 0.246 e. The standard InChI is InChI=1S/C24H29F3N4O2/c25-19-13-16(14-20(26)24(19)27)1-2-23(33)31-11-6-18(7-12-31)22(15-32)30-9-4-17(5-10-30)21-3-8-28-29-21/h1-3,8,13-14,17-18,22,32H,4-7,9-12,15H2,(H,28,29)/b2-1+. The van der Waals surface area contributed by atoms with Crippen LogP contribution < -0.4 is 0 Å². The van der Waals surface area contributed by atoms with Crippen molar-refractivity contribution in [2.75, 3.05) is 32.8 Å². The van der Waals surface area contributed by atoms with Gasteiger partial charge in [0.1, 0.15) is 0 Å². The first-order chi connectivity index (χ1) is 16.0. The maximum absolute atomic E-state index is 13.3. The Morgan fingerprint density at radius 2 is 1.79 bits per heavy atom. The summed E-state index contributed by atoms with van der Waals surface area (Å²) < 4.78 is 39.8. The lowest BCUT2D eigenvalue weighted by Gasteiger charge is -2.43. The summed E-state index contributed by atoms with van der Waals surface area (Å²) in [6, 6.07) is 3.81. The van der Waals surface area contributed by atoms with Gasteiger partial charge in [-0.05, 0) is 74.5 Å². The third-order valence-electron chi connectivity index (χ3n) is 6.97. The van der Waals surface area contributed by atoms with Crippen LogP contribution in [0.4, 0.5) is 13.2 Å². The molecule has 2 N–H and O–H groups in total. The van der Waals surface area contributed by atoms with E-state index in [-0.39, 0.29) is 24.1 Å². The Kier molecular flexibility index (Phi) is 7.49. The average Bonchev–Trinajstić information content (AvgIpc) is 3.37. The summed E-state index contributed by atoms with van der Waals surface area (Å²) in [6.07, 6.45) is 7.93. The van der Waals surface area contributed by atoms with Gasteiger partial charge in [-0.3, -0.25) is 14.8 Å². The second-order valence-corrected chi connectivity index (χ2v) is 8.87. The smallest absolute Gasteiger partial charge is 0.246 e. The molecule has 1 atom stereocenters. The van der Waals surface area contributed by atoms with Crippen molar-refractivity contribution in [1.29, 1.82) is 0 Å². The molecule has 0 radical (unpaired) electrons. The first-order valence-corrected chi connectivity index (χ1v) is 11.4. The van der Waals surface area contributed by atoms with Gasteiger partial charge in [-0.1, -0.05) is 0 Å². The normalized spacial score (nSPS) is 19.9. The average molecular weight is 463 g/mol. The van der Waals surface area contributed by atoms with E-state index in [1.54, 1.807) is 11.1 Å². The predicted molar refractivity (Wildman–Crippen MR) is 118 cm³/mol. The van der Waals surface area contributed by atoms with Crippen LogP contribution in [0.15, 0.2) is 30.5 Å². The Hall–Kier alpha value is -2.65. The van der Waals surface area contributed by atoms with Crippen molar-refractivity contribution < 1.29 is 23.1 Å². The highest BCUT2D eigenvalue weighted by atomic mass is 19.2. The van der Waals surface area contributed by atoms with Gasteiger partial charge in [0.15, 0.2) is 17.5 Å². The van der Waals surface area contributed by atoms with E-state index in [2.05, 4.69) is 15.1 Å². The molecular formula is C24H29F3N4O2. The van der Waals surface area contributed by atoms with Gasteiger partial charge in [0.05, 0.1) is 6.61 Å². The highest BCUT2D eigenvalue weighted by Crippen LogP contribution is 2.31. The lowest BCUT2D eigenvalue weighted by molar-refractivity contribution is -0.127. The zero-order chi connectivity index (χ0) is 23.4. The number of aromatic nitrogens is 2. The van der Waals surface area contributed by atoms with Gasteiger partial charge in [0.2, 0.25) is 5.91 Å². The van der Waals surface area contributed by atoms with Gasteiger partial charge >= 0.3 is 0 Å². The van der Waals surface area contributed by atoms with Crippen LogP contribution >= 0.6 is 0 Å². The molecule has 0 spiro atoms. The maximum atomic E-state index is 13.3. The number of benzene rings is 1. The highest BCUT2D eigenvalue weighted by Gasteiger charge is 2.33. The number of aliphatic hydroxyl groups excluding tert-OH is 1. The van der Waals surface area contributed by atoms with Gasteiger partial charge in [0, 0.05) is 43.0 Å². The van der Waals surface area contributed by atoms with Gasteiger partial charge in [0.25, 0.3) is 0 Å². The Bertz CT molecular complexity index is 943. The minimum absolute atomic E-state index is 0.0747. The molecule has 178 valence electrons. The second kappa shape index (κ2) is 10.5. The van der Waals surface area contributed by atoms with Crippen molar-refractivity contribution in [2.24, 2.45) is 5.92 Å². The largest absolute Gasteiger partial charge is 0.395 e. The Morgan fingerprint density at radius 3 is 2.36 bits per heavy atom. The summed E-state index contributed by atoms with van der Waals surface area (Å²) in [7, 11) is 0. The van der Waals surface area contributed by atoms with E-state index in [1.165, 1.54) is 17.8 Å². The monoisotopic (exact) mass is 462 g/mol. The number of carbonyl (C=O) groups excluding carboxylic acids is 1. The molecular weight excluding hydrogens is 433 g/mol. The zero-order valence-electron chi connectivity index (χ0n) is 18.4. The molecule has 1 aromatic carbocycles. The molecule has 1 unspecified atom stereocenters. The molecule has 6 nitrogen and oxygen atoms in total. The molecule has 0 saturated carbocycles. The molecule has 1 amide bonds. The number of halogens is 3. The molecule has 9 heteroatoms. The number of hydrogen-bond donors (Lipinski definition) is 2. The SMILES string of the molecule is O=C(/C=C/c1cc(F)c(F)c(F)c1)N1CCC(C(CO)N2CCC(c3ccn[nH]3)CC2)CC1. The van der Waals surface area contributed by atoms with Crippen LogP contribution in [-0.4, -0.2) is 69.8 Å². The number of H-pyrrole nitrogens is 1. The first-order valence-electron chi connectivity index (χ1n) is 11.4. The van der Waals surface area contributed by atoms with Crippen molar-refractivity contribution in [3.8, 4) is 0 Å². The fraction of sp³-hybridized carbons (Fsp3) is 0.500. The molecule has 3 heterocycles. The molecule has 4 rings (SSSR count). The third-order valence-corrected chi connectivity index (χ3v) is 6.97. The molecule has 2 saturated heterocycles. The fourth-order valence-electron chi connectivity index (χ4n) is 5.05. The number of likely N-dealkylation sites (tertiary alicyclic amines) is 2. The molecule has 2 aliphatic heterocycles. The molecule has 2 fully saturated rings. The van der Waals surface area contributed by atoms with Crippen LogP contribution in [0, 0.1) is 23.4 Å². The number of carbonyl (C=O) groups is 1. The van der Waals surface area contributed by atoms with Crippen LogP contribution in [0.1, 0.15) is 42.9 Å². The van der Waals surface area contributed by atoms with Crippen molar-refractivity contribution in [3.63, 3.8) is 0 Å². The summed E-state index contributed by atoms with van der Waals surface area (Å²) in [5.41, 5.74) is 1.26. The number of nitrogens with zero attached hydrogens (tertiary/aromatic N) is 3. The van der Waals surface area contributed by atoms with E-state index in [1.807, 2.05) is 6.07 Å². The van der Waals surface area contributed by atoms with E-state index >= 15 is 0 Å². The zero-order valence-corrected chi connectivity index (χ0v) is 18.4. The van der Waals surface area contributed by atoms with Gasteiger partial charge < -0.3 is 10.0 Å². The predicted octanol–water partition coefficient (Wildman–Crippen LogP) is 3.32. The number of aromatic amines is 1. The van der Waals surface area contributed by atoms with Gasteiger partial charge in [-0.15, -0.1) is 0 Å². The molecule has 33 heavy (non-hydrogen) atoms. The van der Waals surface area contributed by atoms with Crippen molar-refractivity contribution in [2.45, 2.75) is 37.6 Å². The van der Waals surface area contributed by atoms with Crippen molar-refractivity contribution in [1.82, 2.24) is 20.0 Å². The number of amides is 1. The fourth-order valence-corrected chi connectivity index (χ4v) is 5.05. The van der Waals surface area contributed by atoms with E-state index in [0.717, 1.165) is 50.9 Å². The molecule has 0 aliphatic carbocycles. The summed E-state index contributed by atoms with van der Waals surface area (Å²) in [5, 5.41) is 17.2. The molecule has 2 aromatic rings. The van der Waals surface area contributed by atoms with Crippen LogP contribution in [0.5, 0.6) is 0 Å². The van der Waals surface area contributed by atoms with Crippen molar-refractivity contribution in [3.05, 3.63) is 59.2 Å². The van der Waals surface area contributed by atoms with Crippen LogP contribution in [-0.2, 0) is 4.79 Å². The summed E-state index contributed by atoms with van der Waals surface area (Å²) in [5.74, 6) is -3.58. The van der Waals surface area contributed by atoms with E-state index in [9.17, 15) is 23.1 Å². The third kappa shape index (κ3) is 5.47. The number of nitrogens with one attached hydrogen (secondary N) is 1. The Balaban J connectivity index is 1.28. The second-order valence-electron chi connectivity index (χ2n) is 8.87. The Morgan fingerprint density at radius 1 is 1.12 bits per heavy atom. The van der Waals surface area contributed by atoms with E-state index in [4.69, 9.17) is 0 Å². The van der Waals surface area contributed by atoms with E-state index < -0.39 is 17.5 Å². The van der Waals surface area contributed by atoms with Crippen LogP contribution in [0.3, 0.4) is 0 Å². The van der Waals surface area contributed by atoms with Gasteiger partial charge in [-0.25, -0.2) is 13.2 Å². The minimum Gasteiger partial charge on any atom is -0.395 e. The van der Waals surface area contributed by atoms with E-state index in [0.29, 0.717) is 24.9 Å². The Labute approximate surface area is 191 Å². The topological polar surface area (TPSA) is 72.5 Å². The number of rotatable bonds is 6. The number of piperidine rings is 2. The summed E-state index contributed by atoms with van der Waals surface area (Å²) in [6.45, 7) is 3.04. The lowest BCUT2D eigenvalue weighted by Crippen LogP contribution is -2.50. The molecule has 1 aromatic heterocycles. The van der Waals surface area contributed by atoms with Crippen molar-refractivity contribution >= 4 is 12.0 Å². The lowest BCUT2D eigenvalue weighted by atomic mass is 9.86. The molecule has 2 aliphatic rings. The summed E-state index contributed by atoms with van der Waals surface area (Å²) in [4.78, 5) is 16.6. The minimum atomic E-state index is -1.52. The highest BCUT2D eigenvalue weighted by molar-refractivity contribution is 5.91.